The second kappa shape index (κ2) is 6.46. The van der Waals surface area contributed by atoms with Crippen molar-refractivity contribution in [2.24, 2.45) is 0 Å². The summed E-state index contributed by atoms with van der Waals surface area (Å²) in [6, 6.07) is 0. The average molecular weight is 271 g/mol. The number of rotatable bonds is 1. The molecule has 0 bridgehead atoms. The van der Waals surface area contributed by atoms with E-state index in [2.05, 4.69) is 19.9 Å². The Morgan fingerprint density at radius 2 is 2.00 bits per heavy atom. The van der Waals surface area contributed by atoms with Crippen LogP contribution in [0.25, 0.3) is 0 Å². The standard InChI is InChI=1S/C8H11.2ClH.Zr/c1-3-8-6-4-5-7(8)2;;;/h6H,3-4H2,1-2H3;2*1H;. The van der Waals surface area contributed by atoms with E-state index in [1.807, 2.05) is 0 Å². The second-order valence-corrected chi connectivity index (χ2v) is 3.87. The van der Waals surface area contributed by atoms with Crippen LogP contribution in [0.1, 0.15) is 26.7 Å². The number of allylic oxidation sites excluding steroid dienone is 4. The van der Waals surface area contributed by atoms with Gasteiger partial charge in [0.15, 0.2) is 0 Å². The van der Waals surface area contributed by atoms with Crippen molar-refractivity contribution in [3.63, 3.8) is 0 Å². The minimum atomic E-state index is 0. The summed E-state index contributed by atoms with van der Waals surface area (Å²) in [6.07, 6.45) is 4.80. The molecule has 0 atom stereocenters. The van der Waals surface area contributed by atoms with Crippen molar-refractivity contribution in [3.8, 4) is 0 Å². The first-order valence-corrected chi connectivity index (χ1v) is 4.59. The zero-order valence-electron chi connectivity index (χ0n) is 6.81. The molecule has 1 aliphatic rings. The molecule has 1 aliphatic carbocycles. The fourth-order valence-electron chi connectivity index (χ4n) is 1.13. The van der Waals surface area contributed by atoms with Crippen LogP contribution in [-0.2, 0) is 24.7 Å². The smallest absolute Gasteiger partial charge is 0.147 e. The predicted molar refractivity (Wildman–Crippen MR) is 50.2 cm³/mol. The molecule has 0 saturated heterocycles. The first kappa shape index (κ1) is 14.5. The minimum absolute atomic E-state index is 0. The van der Waals surface area contributed by atoms with Gasteiger partial charge in [0.2, 0.25) is 0 Å². The van der Waals surface area contributed by atoms with Crippen molar-refractivity contribution in [1.29, 1.82) is 0 Å². The number of hydrogen-bond acceptors (Lipinski definition) is 0. The molecule has 0 N–H and O–H groups in total. The Kier molecular flexibility index (Phi) is 8.49. The first-order chi connectivity index (χ1) is 4.25. The van der Waals surface area contributed by atoms with E-state index in [4.69, 9.17) is 0 Å². The molecule has 0 nitrogen and oxygen atoms in total. The zero-order chi connectivity index (χ0) is 6.85. The van der Waals surface area contributed by atoms with E-state index in [9.17, 15) is 0 Å². The molecule has 63 valence electrons. The largest absolute Gasteiger partial charge is 0.147 e. The third-order valence-corrected chi connectivity index (χ3v) is 3.29. The molecule has 0 saturated carbocycles. The molecule has 0 unspecified atom stereocenters. The summed E-state index contributed by atoms with van der Waals surface area (Å²) in [5.74, 6) is 0. The molecule has 0 fully saturated rings. The van der Waals surface area contributed by atoms with Gasteiger partial charge in [-0.3, -0.25) is 0 Å². The molecule has 0 aromatic heterocycles. The van der Waals surface area contributed by atoms with Crippen LogP contribution < -0.4 is 0 Å². The molecule has 0 aliphatic heterocycles. The van der Waals surface area contributed by atoms with Gasteiger partial charge >= 0.3 is 71.9 Å². The minimum Gasteiger partial charge on any atom is -0.147 e. The van der Waals surface area contributed by atoms with Crippen LogP contribution in [0.2, 0.25) is 0 Å². The normalized spacial score (nSPS) is 15.2. The van der Waals surface area contributed by atoms with Crippen molar-refractivity contribution in [2.75, 3.05) is 0 Å². The summed E-state index contributed by atoms with van der Waals surface area (Å²) in [5.41, 5.74) is 3.14. The molecule has 11 heavy (non-hydrogen) atoms. The summed E-state index contributed by atoms with van der Waals surface area (Å²) in [7, 11) is 0. The van der Waals surface area contributed by atoms with Crippen molar-refractivity contribution in [3.05, 3.63) is 20.5 Å². The monoisotopic (exact) mass is 269 g/mol. The fraction of sp³-hybridized carbons (Fsp3) is 0.500. The van der Waals surface area contributed by atoms with Crippen LogP contribution in [0.5, 0.6) is 0 Å². The maximum Gasteiger partial charge on any atom is -0.147 e. The van der Waals surface area contributed by atoms with Gasteiger partial charge < -0.3 is 0 Å². The molecular formula is C8H13Cl2Zr. The van der Waals surface area contributed by atoms with Crippen LogP contribution in [-0.4, -0.2) is 0 Å². The summed E-state index contributed by atoms with van der Waals surface area (Å²) < 4.78 is 1.64. The maximum atomic E-state index is 2.36. The molecule has 3 heteroatoms. The molecular weight excluding hydrogens is 258 g/mol. The van der Waals surface area contributed by atoms with Gasteiger partial charge in [-0.05, 0) is 0 Å². The van der Waals surface area contributed by atoms with E-state index >= 15 is 0 Å². The van der Waals surface area contributed by atoms with Crippen molar-refractivity contribution >= 4 is 24.8 Å². The first-order valence-electron chi connectivity index (χ1n) is 3.36. The molecule has 0 amide bonds. The Bertz CT molecular complexity index is 183. The van der Waals surface area contributed by atoms with Crippen LogP contribution in [0.4, 0.5) is 0 Å². The Labute approximate surface area is 96.2 Å². The average Bonchev–Trinajstić information content (AvgIpc) is 2.15. The quantitative estimate of drug-likeness (QED) is 0.686. The summed E-state index contributed by atoms with van der Waals surface area (Å²) in [6.45, 7) is 4.47. The van der Waals surface area contributed by atoms with Gasteiger partial charge in [-0.1, -0.05) is 0 Å². The number of halogens is 2. The van der Waals surface area contributed by atoms with Gasteiger partial charge in [-0.2, -0.15) is 0 Å². The van der Waals surface area contributed by atoms with E-state index in [0.717, 1.165) is 0 Å². The summed E-state index contributed by atoms with van der Waals surface area (Å²) in [4.78, 5) is 0. The van der Waals surface area contributed by atoms with Crippen LogP contribution >= 0.6 is 24.8 Å². The SMILES string of the molecule is CCC1=CC[C]([Zr])=C1C.Cl.Cl. The molecule has 0 aromatic carbocycles. The van der Waals surface area contributed by atoms with E-state index in [1.165, 1.54) is 12.8 Å². The molecule has 1 rings (SSSR count). The van der Waals surface area contributed by atoms with Gasteiger partial charge in [0, 0.05) is 0 Å². The summed E-state index contributed by atoms with van der Waals surface area (Å²) >= 11 is 1.59. The van der Waals surface area contributed by atoms with Crippen molar-refractivity contribution < 1.29 is 24.7 Å². The van der Waals surface area contributed by atoms with Crippen LogP contribution in [0.15, 0.2) is 20.5 Å². The second-order valence-electron chi connectivity index (χ2n) is 2.39. The zero-order valence-corrected chi connectivity index (χ0v) is 10.9. The van der Waals surface area contributed by atoms with Crippen LogP contribution in [0.3, 0.4) is 0 Å². The number of hydrogen-bond donors (Lipinski definition) is 0. The van der Waals surface area contributed by atoms with Gasteiger partial charge in [-0.15, -0.1) is 24.8 Å². The van der Waals surface area contributed by atoms with Crippen molar-refractivity contribution in [1.82, 2.24) is 0 Å². The Hall–Kier alpha value is 0.943. The Morgan fingerprint density at radius 3 is 2.18 bits per heavy atom. The molecule has 0 radical (unpaired) electrons. The third-order valence-electron chi connectivity index (χ3n) is 1.87. The molecule has 0 spiro atoms. The van der Waals surface area contributed by atoms with E-state index in [1.54, 1.807) is 39.1 Å². The molecule has 0 aromatic rings. The third kappa shape index (κ3) is 3.44. The summed E-state index contributed by atoms with van der Waals surface area (Å²) in [5, 5.41) is 0. The Morgan fingerprint density at radius 1 is 1.45 bits per heavy atom. The topological polar surface area (TPSA) is 0 Å². The predicted octanol–water partition coefficient (Wildman–Crippen LogP) is 3.39. The fourth-order valence-corrected chi connectivity index (χ4v) is 1.78. The van der Waals surface area contributed by atoms with Gasteiger partial charge in [-0.25, -0.2) is 0 Å². The Balaban J connectivity index is 0. The van der Waals surface area contributed by atoms with Crippen molar-refractivity contribution in [2.45, 2.75) is 26.7 Å². The van der Waals surface area contributed by atoms with Gasteiger partial charge in [0.05, 0.1) is 0 Å². The van der Waals surface area contributed by atoms with Crippen LogP contribution in [0, 0.1) is 0 Å². The maximum absolute atomic E-state index is 2.36. The molecule has 0 heterocycles. The van der Waals surface area contributed by atoms with E-state index in [0.29, 0.717) is 0 Å². The van der Waals surface area contributed by atoms with Gasteiger partial charge in [0.1, 0.15) is 0 Å². The van der Waals surface area contributed by atoms with E-state index < -0.39 is 0 Å². The van der Waals surface area contributed by atoms with Gasteiger partial charge in [0.25, 0.3) is 0 Å². The van der Waals surface area contributed by atoms with E-state index in [-0.39, 0.29) is 24.8 Å².